The van der Waals surface area contributed by atoms with Crippen LogP contribution in [-0.4, -0.2) is 11.4 Å². The molecule has 0 radical (unpaired) electrons. The first-order valence-corrected chi connectivity index (χ1v) is 7.10. The molecule has 21 heavy (non-hydrogen) atoms. The second-order valence-electron chi connectivity index (χ2n) is 5.38. The molecule has 108 valence electrons. The fourth-order valence-electron chi connectivity index (χ4n) is 2.31. The summed E-state index contributed by atoms with van der Waals surface area (Å²) in [4.78, 5) is 12.2. The Bertz CT molecular complexity index is 636. The van der Waals surface area contributed by atoms with Crippen molar-refractivity contribution in [2.75, 3.05) is 5.32 Å². The van der Waals surface area contributed by atoms with Crippen molar-refractivity contribution in [1.29, 1.82) is 0 Å². The first kappa shape index (κ1) is 13.6. The van der Waals surface area contributed by atoms with E-state index in [-0.39, 0.29) is 5.91 Å². The van der Waals surface area contributed by atoms with Crippen LogP contribution in [0.2, 0.25) is 0 Å². The summed E-state index contributed by atoms with van der Waals surface area (Å²) < 4.78 is 5.82. The minimum Gasteiger partial charge on any atom is -0.455 e. The smallest absolute Gasteiger partial charge is 0.244 e. The molecule has 0 atom stereocenters. The Kier molecular flexibility index (Phi) is 3.62. The first-order valence-electron chi connectivity index (χ1n) is 7.10. The molecule has 2 aromatic rings. The molecular formula is C17H18N2O2. The zero-order valence-corrected chi connectivity index (χ0v) is 11.7. The molecule has 0 heterocycles. The highest BCUT2D eigenvalue weighted by atomic mass is 16.5. The van der Waals surface area contributed by atoms with Gasteiger partial charge in [0.05, 0.1) is 11.2 Å². The van der Waals surface area contributed by atoms with Crippen molar-refractivity contribution < 1.29 is 9.53 Å². The summed E-state index contributed by atoms with van der Waals surface area (Å²) in [5.74, 6) is 1.20. The summed E-state index contributed by atoms with van der Waals surface area (Å²) in [6.07, 6.45) is 2.48. The number of nitrogens with one attached hydrogen (secondary N) is 1. The second kappa shape index (κ2) is 5.58. The van der Waals surface area contributed by atoms with Crippen LogP contribution in [-0.2, 0) is 4.79 Å². The minimum atomic E-state index is -0.722. The molecule has 1 amide bonds. The van der Waals surface area contributed by atoms with Gasteiger partial charge in [-0.25, -0.2) is 0 Å². The molecule has 0 aliphatic heterocycles. The Morgan fingerprint density at radius 3 is 2.38 bits per heavy atom. The predicted octanol–water partition coefficient (Wildman–Crippen LogP) is 3.30. The summed E-state index contributed by atoms with van der Waals surface area (Å²) in [6.45, 7) is 0. The number of ether oxygens (including phenoxy) is 1. The Morgan fingerprint density at radius 2 is 1.71 bits per heavy atom. The average Bonchev–Trinajstić information content (AvgIpc) is 2.48. The number of carbonyl (C=O) groups is 1. The summed E-state index contributed by atoms with van der Waals surface area (Å²) >= 11 is 0. The van der Waals surface area contributed by atoms with E-state index in [0.29, 0.717) is 11.4 Å². The lowest BCUT2D eigenvalue weighted by atomic mass is 9.77. The van der Waals surface area contributed by atoms with E-state index in [4.69, 9.17) is 10.5 Å². The third-order valence-corrected chi connectivity index (χ3v) is 3.80. The fraction of sp³-hybridized carbons (Fsp3) is 0.235. The predicted molar refractivity (Wildman–Crippen MR) is 82.4 cm³/mol. The topological polar surface area (TPSA) is 64.4 Å². The molecule has 4 nitrogen and oxygen atoms in total. The van der Waals surface area contributed by atoms with E-state index in [1.165, 1.54) is 0 Å². The Labute approximate surface area is 123 Å². The van der Waals surface area contributed by atoms with Gasteiger partial charge >= 0.3 is 0 Å². The standard InChI is InChI=1S/C17H18N2O2/c18-17(11-6-12-17)16(20)19-14-9-4-5-10-15(14)21-13-7-2-1-3-8-13/h1-5,7-10H,6,11-12,18H2,(H,19,20). The number of nitrogens with two attached hydrogens (primary N) is 1. The second-order valence-corrected chi connectivity index (χ2v) is 5.38. The maximum absolute atomic E-state index is 12.2. The fourth-order valence-corrected chi connectivity index (χ4v) is 2.31. The van der Waals surface area contributed by atoms with Crippen molar-refractivity contribution >= 4 is 11.6 Å². The van der Waals surface area contributed by atoms with Gasteiger partial charge in [-0.1, -0.05) is 30.3 Å². The van der Waals surface area contributed by atoms with E-state index < -0.39 is 5.54 Å². The van der Waals surface area contributed by atoms with Crippen LogP contribution in [0, 0.1) is 0 Å². The number of anilines is 1. The third-order valence-electron chi connectivity index (χ3n) is 3.80. The largest absolute Gasteiger partial charge is 0.455 e. The van der Waals surface area contributed by atoms with E-state index in [2.05, 4.69) is 5.32 Å². The van der Waals surface area contributed by atoms with E-state index in [9.17, 15) is 4.79 Å². The highest BCUT2D eigenvalue weighted by molar-refractivity contribution is 5.99. The SMILES string of the molecule is NC1(C(=O)Nc2ccccc2Oc2ccccc2)CCC1. The molecule has 0 saturated heterocycles. The van der Waals surface area contributed by atoms with Gasteiger partial charge in [0.15, 0.2) is 5.75 Å². The Morgan fingerprint density at radius 1 is 1.05 bits per heavy atom. The van der Waals surface area contributed by atoms with Crippen LogP contribution in [0.3, 0.4) is 0 Å². The molecule has 1 saturated carbocycles. The van der Waals surface area contributed by atoms with Crippen molar-refractivity contribution in [3.05, 3.63) is 54.6 Å². The van der Waals surface area contributed by atoms with Crippen LogP contribution >= 0.6 is 0 Å². The molecule has 0 aromatic heterocycles. The molecular weight excluding hydrogens is 264 g/mol. The summed E-state index contributed by atoms with van der Waals surface area (Å²) in [7, 11) is 0. The number of hydrogen-bond acceptors (Lipinski definition) is 3. The monoisotopic (exact) mass is 282 g/mol. The highest BCUT2D eigenvalue weighted by Gasteiger charge is 2.40. The third kappa shape index (κ3) is 2.90. The molecule has 4 heteroatoms. The normalized spacial score (nSPS) is 15.9. The van der Waals surface area contributed by atoms with E-state index in [0.717, 1.165) is 25.0 Å². The van der Waals surface area contributed by atoms with Gasteiger partial charge in [0.2, 0.25) is 5.91 Å². The van der Waals surface area contributed by atoms with Gasteiger partial charge < -0.3 is 15.8 Å². The maximum Gasteiger partial charge on any atom is 0.244 e. The van der Waals surface area contributed by atoms with Crippen molar-refractivity contribution in [3.8, 4) is 11.5 Å². The van der Waals surface area contributed by atoms with Crippen LogP contribution in [0.4, 0.5) is 5.69 Å². The summed E-state index contributed by atoms with van der Waals surface area (Å²) in [5.41, 5.74) is 5.96. The van der Waals surface area contributed by atoms with Crippen LogP contribution < -0.4 is 15.8 Å². The average molecular weight is 282 g/mol. The Balaban J connectivity index is 1.78. The number of amides is 1. The quantitative estimate of drug-likeness (QED) is 0.904. The molecule has 3 N–H and O–H groups in total. The van der Waals surface area contributed by atoms with Gasteiger partial charge in [-0.15, -0.1) is 0 Å². The van der Waals surface area contributed by atoms with Crippen LogP contribution in [0.15, 0.2) is 54.6 Å². The molecule has 1 aliphatic carbocycles. The van der Waals surface area contributed by atoms with Crippen molar-refractivity contribution in [3.63, 3.8) is 0 Å². The zero-order chi connectivity index (χ0) is 14.7. The zero-order valence-electron chi connectivity index (χ0n) is 11.7. The van der Waals surface area contributed by atoms with Gasteiger partial charge in [-0.3, -0.25) is 4.79 Å². The lowest BCUT2D eigenvalue weighted by molar-refractivity contribution is -0.123. The molecule has 2 aromatic carbocycles. The minimum absolute atomic E-state index is 0.141. The summed E-state index contributed by atoms with van der Waals surface area (Å²) in [5, 5.41) is 2.88. The van der Waals surface area contributed by atoms with Crippen molar-refractivity contribution in [2.45, 2.75) is 24.8 Å². The van der Waals surface area contributed by atoms with E-state index in [1.54, 1.807) is 0 Å². The summed E-state index contributed by atoms with van der Waals surface area (Å²) in [6, 6.07) is 16.8. The number of benzene rings is 2. The number of rotatable bonds is 4. The van der Waals surface area contributed by atoms with Crippen LogP contribution in [0.25, 0.3) is 0 Å². The van der Waals surface area contributed by atoms with Crippen molar-refractivity contribution in [1.82, 2.24) is 0 Å². The lowest BCUT2D eigenvalue weighted by Crippen LogP contribution is -2.56. The molecule has 0 spiro atoms. The molecule has 3 rings (SSSR count). The lowest BCUT2D eigenvalue weighted by Gasteiger charge is -2.36. The molecule has 0 unspecified atom stereocenters. The van der Waals surface area contributed by atoms with Gasteiger partial charge in [0.1, 0.15) is 5.75 Å². The Hall–Kier alpha value is -2.33. The number of para-hydroxylation sites is 3. The number of carbonyl (C=O) groups excluding carboxylic acids is 1. The van der Waals surface area contributed by atoms with Gasteiger partial charge in [-0.2, -0.15) is 0 Å². The number of hydrogen-bond donors (Lipinski definition) is 2. The highest BCUT2D eigenvalue weighted by Crippen LogP contribution is 2.33. The van der Waals surface area contributed by atoms with Crippen LogP contribution in [0.5, 0.6) is 11.5 Å². The van der Waals surface area contributed by atoms with Gasteiger partial charge in [-0.05, 0) is 43.5 Å². The van der Waals surface area contributed by atoms with Gasteiger partial charge in [0, 0.05) is 0 Å². The molecule has 1 aliphatic rings. The van der Waals surface area contributed by atoms with Crippen molar-refractivity contribution in [2.24, 2.45) is 5.73 Å². The van der Waals surface area contributed by atoms with Crippen LogP contribution in [0.1, 0.15) is 19.3 Å². The van der Waals surface area contributed by atoms with Gasteiger partial charge in [0.25, 0.3) is 0 Å². The maximum atomic E-state index is 12.2. The molecule has 0 bridgehead atoms. The van der Waals surface area contributed by atoms with E-state index in [1.807, 2.05) is 54.6 Å². The van der Waals surface area contributed by atoms with E-state index >= 15 is 0 Å². The first-order chi connectivity index (χ1) is 10.2. The molecule has 1 fully saturated rings.